The van der Waals surface area contributed by atoms with E-state index in [4.69, 9.17) is 4.42 Å². The molecule has 0 spiro atoms. The second-order valence-electron chi connectivity index (χ2n) is 6.91. The quantitative estimate of drug-likeness (QED) is 0.932. The number of carbonyl (C=O) groups is 2. The largest absolute Gasteiger partial charge is 0.467 e. The van der Waals surface area contributed by atoms with Gasteiger partial charge in [0, 0.05) is 13.0 Å². The number of rotatable bonds is 4. The van der Waals surface area contributed by atoms with Gasteiger partial charge in [-0.15, -0.1) is 0 Å². The molecule has 1 saturated heterocycles. The predicted molar refractivity (Wildman–Crippen MR) is 92.5 cm³/mol. The lowest BCUT2D eigenvalue weighted by Gasteiger charge is -2.27. The molecule has 1 aromatic carbocycles. The molecule has 2 atom stereocenters. The van der Waals surface area contributed by atoms with E-state index in [0.717, 1.165) is 25.0 Å². The number of fused-ring (bicyclic) bond motifs is 1. The number of nitrogens with zero attached hydrogens (tertiary/aromatic N) is 1. The van der Waals surface area contributed by atoms with Crippen molar-refractivity contribution in [1.29, 1.82) is 0 Å². The van der Waals surface area contributed by atoms with E-state index >= 15 is 0 Å². The van der Waals surface area contributed by atoms with Crippen LogP contribution in [-0.2, 0) is 22.6 Å². The van der Waals surface area contributed by atoms with Crippen LogP contribution in [0.1, 0.15) is 42.2 Å². The maximum absolute atomic E-state index is 12.7. The number of hydrogen-bond acceptors (Lipinski definition) is 3. The Balaban J connectivity index is 1.40. The molecule has 1 aromatic heterocycles. The van der Waals surface area contributed by atoms with E-state index in [-0.39, 0.29) is 30.2 Å². The lowest BCUT2D eigenvalue weighted by atomic mass is 9.87. The van der Waals surface area contributed by atoms with E-state index in [9.17, 15) is 9.59 Å². The number of amides is 2. The Morgan fingerprint density at radius 3 is 2.96 bits per heavy atom. The van der Waals surface area contributed by atoms with E-state index in [0.29, 0.717) is 13.1 Å². The molecular weight excluding hydrogens is 316 g/mol. The highest BCUT2D eigenvalue weighted by atomic mass is 16.3. The van der Waals surface area contributed by atoms with Crippen molar-refractivity contribution in [3.8, 4) is 0 Å². The molecule has 2 aromatic rings. The van der Waals surface area contributed by atoms with Crippen LogP contribution in [0.2, 0.25) is 0 Å². The van der Waals surface area contributed by atoms with Gasteiger partial charge in [0.25, 0.3) is 0 Å². The summed E-state index contributed by atoms with van der Waals surface area (Å²) in [4.78, 5) is 26.6. The number of furan rings is 1. The third kappa shape index (κ3) is 3.31. The Labute approximate surface area is 147 Å². The molecule has 1 fully saturated rings. The number of nitrogens with one attached hydrogen (secondary N) is 1. The molecule has 130 valence electrons. The summed E-state index contributed by atoms with van der Waals surface area (Å²) in [6.07, 6.45) is 4.98. The highest BCUT2D eigenvalue weighted by molar-refractivity contribution is 5.89. The minimum atomic E-state index is -0.281. The Kier molecular flexibility index (Phi) is 4.30. The zero-order chi connectivity index (χ0) is 17.2. The minimum absolute atomic E-state index is 0.0144. The Hall–Kier alpha value is -2.56. The van der Waals surface area contributed by atoms with Crippen molar-refractivity contribution < 1.29 is 14.0 Å². The molecule has 2 heterocycles. The van der Waals surface area contributed by atoms with Crippen LogP contribution in [0.15, 0.2) is 47.1 Å². The van der Waals surface area contributed by atoms with Crippen LogP contribution in [0.25, 0.3) is 0 Å². The van der Waals surface area contributed by atoms with Gasteiger partial charge in [-0.2, -0.15) is 0 Å². The van der Waals surface area contributed by atoms with E-state index in [2.05, 4.69) is 17.4 Å². The average Bonchev–Trinajstić information content (AvgIpc) is 3.26. The third-order valence-electron chi connectivity index (χ3n) is 5.20. The number of benzene rings is 1. The molecule has 0 radical (unpaired) electrons. The summed E-state index contributed by atoms with van der Waals surface area (Å²) in [7, 11) is 0. The summed E-state index contributed by atoms with van der Waals surface area (Å²) < 4.78 is 5.31. The molecular formula is C20H22N2O3. The smallest absolute Gasteiger partial charge is 0.225 e. The van der Waals surface area contributed by atoms with Gasteiger partial charge in [0.05, 0.1) is 24.8 Å². The molecule has 5 heteroatoms. The van der Waals surface area contributed by atoms with Crippen LogP contribution in [0.4, 0.5) is 0 Å². The Morgan fingerprint density at radius 2 is 2.12 bits per heavy atom. The lowest BCUT2D eigenvalue weighted by Crippen LogP contribution is -2.36. The summed E-state index contributed by atoms with van der Waals surface area (Å²) in [5, 5.41) is 3.18. The summed E-state index contributed by atoms with van der Waals surface area (Å²) in [6.45, 7) is 0.890. The third-order valence-corrected chi connectivity index (χ3v) is 5.20. The van der Waals surface area contributed by atoms with Gasteiger partial charge in [-0.3, -0.25) is 9.59 Å². The van der Waals surface area contributed by atoms with Gasteiger partial charge < -0.3 is 14.6 Å². The zero-order valence-electron chi connectivity index (χ0n) is 14.1. The maximum atomic E-state index is 12.7. The van der Waals surface area contributed by atoms with Crippen molar-refractivity contribution in [2.75, 3.05) is 6.54 Å². The number of likely N-dealkylation sites (tertiary alicyclic amines) is 1. The molecule has 2 aliphatic rings. The number of carbonyl (C=O) groups excluding carboxylic acids is 2. The standard InChI is InChI=1S/C20H22N2O3/c23-19-11-15(12-22(19)13-16-7-4-10-25-16)20(24)21-18-9-3-6-14-5-1-2-8-17(14)18/h1-2,4-5,7-8,10,15,18H,3,6,9,11-13H2,(H,21,24)/t15-,18+/m1/s1. The van der Waals surface area contributed by atoms with Gasteiger partial charge >= 0.3 is 0 Å². The minimum Gasteiger partial charge on any atom is -0.467 e. The fourth-order valence-corrected chi connectivity index (χ4v) is 3.88. The first-order chi connectivity index (χ1) is 12.2. The van der Waals surface area contributed by atoms with Crippen molar-refractivity contribution >= 4 is 11.8 Å². The molecule has 5 nitrogen and oxygen atoms in total. The van der Waals surface area contributed by atoms with Gasteiger partial charge in [0.15, 0.2) is 0 Å². The van der Waals surface area contributed by atoms with Gasteiger partial charge in [-0.25, -0.2) is 0 Å². The van der Waals surface area contributed by atoms with Gasteiger partial charge in [-0.1, -0.05) is 24.3 Å². The number of aryl methyl sites for hydroxylation is 1. The SMILES string of the molecule is O=C(N[C@H]1CCCc2ccccc21)[C@@H]1CC(=O)N(Cc2ccco2)C1. The zero-order valence-corrected chi connectivity index (χ0v) is 14.1. The molecule has 1 N–H and O–H groups in total. The summed E-state index contributed by atoms with van der Waals surface area (Å²) >= 11 is 0. The highest BCUT2D eigenvalue weighted by Gasteiger charge is 2.35. The fraction of sp³-hybridized carbons (Fsp3) is 0.400. The monoisotopic (exact) mass is 338 g/mol. The van der Waals surface area contributed by atoms with E-state index in [1.807, 2.05) is 18.2 Å². The fourth-order valence-electron chi connectivity index (χ4n) is 3.88. The van der Waals surface area contributed by atoms with Crippen LogP contribution in [-0.4, -0.2) is 23.3 Å². The van der Waals surface area contributed by atoms with Gasteiger partial charge in [0.1, 0.15) is 5.76 Å². The highest BCUT2D eigenvalue weighted by Crippen LogP contribution is 2.30. The first kappa shape index (κ1) is 15.9. The molecule has 0 saturated carbocycles. The van der Waals surface area contributed by atoms with E-state index < -0.39 is 0 Å². The Morgan fingerprint density at radius 1 is 1.24 bits per heavy atom. The summed E-state index contributed by atoms with van der Waals surface area (Å²) in [6, 6.07) is 12.0. The molecule has 25 heavy (non-hydrogen) atoms. The van der Waals surface area contributed by atoms with Gasteiger partial charge in [0.2, 0.25) is 11.8 Å². The second kappa shape index (κ2) is 6.75. The molecule has 4 rings (SSSR count). The van der Waals surface area contributed by atoms with E-state index in [1.54, 1.807) is 17.2 Å². The van der Waals surface area contributed by atoms with Crippen molar-refractivity contribution in [2.45, 2.75) is 38.3 Å². The van der Waals surface area contributed by atoms with Crippen LogP contribution < -0.4 is 5.32 Å². The molecule has 0 bridgehead atoms. The van der Waals surface area contributed by atoms with Crippen LogP contribution in [0, 0.1) is 5.92 Å². The van der Waals surface area contributed by atoms with Crippen LogP contribution >= 0.6 is 0 Å². The topological polar surface area (TPSA) is 62.6 Å². The first-order valence-electron chi connectivity index (χ1n) is 8.89. The molecule has 0 unspecified atom stereocenters. The molecule has 1 aliphatic heterocycles. The first-order valence-corrected chi connectivity index (χ1v) is 8.89. The predicted octanol–water partition coefficient (Wildman–Crippen LogP) is 2.82. The molecule has 2 amide bonds. The van der Waals surface area contributed by atoms with Crippen molar-refractivity contribution in [2.24, 2.45) is 5.92 Å². The Bertz CT molecular complexity index is 769. The molecule has 1 aliphatic carbocycles. The normalized spacial score (nSPS) is 22.7. The van der Waals surface area contributed by atoms with Crippen LogP contribution in [0.5, 0.6) is 0 Å². The number of hydrogen-bond donors (Lipinski definition) is 1. The van der Waals surface area contributed by atoms with Crippen molar-refractivity contribution in [3.05, 3.63) is 59.5 Å². The van der Waals surface area contributed by atoms with Gasteiger partial charge in [-0.05, 0) is 42.5 Å². The summed E-state index contributed by atoms with van der Waals surface area (Å²) in [5.41, 5.74) is 2.54. The van der Waals surface area contributed by atoms with E-state index in [1.165, 1.54) is 11.1 Å². The second-order valence-corrected chi connectivity index (χ2v) is 6.91. The average molecular weight is 338 g/mol. The van der Waals surface area contributed by atoms with Crippen LogP contribution in [0.3, 0.4) is 0 Å². The summed E-state index contributed by atoms with van der Waals surface area (Å²) in [5.74, 6) is 0.463. The maximum Gasteiger partial charge on any atom is 0.225 e. The van der Waals surface area contributed by atoms with Crippen molar-refractivity contribution in [1.82, 2.24) is 10.2 Å². The lowest BCUT2D eigenvalue weighted by molar-refractivity contribution is -0.129. The van der Waals surface area contributed by atoms with Crippen molar-refractivity contribution in [3.63, 3.8) is 0 Å².